The van der Waals surface area contributed by atoms with Crippen molar-refractivity contribution in [3.8, 4) is 0 Å². The molecule has 1 aliphatic carbocycles. The molecule has 1 fully saturated rings. The van der Waals surface area contributed by atoms with E-state index in [1.165, 1.54) is 0 Å². The van der Waals surface area contributed by atoms with Crippen LogP contribution in [0, 0.1) is 5.92 Å². The summed E-state index contributed by atoms with van der Waals surface area (Å²) in [6.45, 7) is 0. The zero-order chi connectivity index (χ0) is 6.85. The largest absolute Gasteiger partial charge is 0.369 e. The molecule has 0 unspecified atom stereocenters. The Labute approximate surface area is 53.2 Å². The molecule has 0 aromatic rings. The van der Waals surface area contributed by atoms with Gasteiger partial charge in [-0.25, -0.2) is 0 Å². The molecule has 0 aromatic carbocycles. The highest BCUT2D eigenvalue weighted by molar-refractivity contribution is 6.01. The van der Waals surface area contributed by atoms with Crippen LogP contribution >= 0.6 is 0 Å². The van der Waals surface area contributed by atoms with Crippen LogP contribution in [0.25, 0.3) is 0 Å². The van der Waals surface area contributed by atoms with Crippen molar-refractivity contribution in [3.63, 3.8) is 0 Å². The summed E-state index contributed by atoms with van der Waals surface area (Å²) in [6.07, 6.45) is 2.02. The van der Waals surface area contributed by atoms with E-state index in [-0.39, 0.29) is 5.78 Å². The van der Waals surface area contributed by atoms with Gasteiger partial charge in [0.05, 0.1) is 5.92 Å². The molecular weight excluding hydrogens is 118 g/mol. The van der Waals surface area contributed by atoms with Crippen molar-refractivity contribution in [2.24, 2.45) is 11.7 Å². The van der Waals surface area contributed by atoms with Crippen LogP contribution in [-0.4, -0.2) is 11.7 Å². The van der Waals surface area contributed by atoms with Gasteiger partial charge in [-0.05, 0) is 12.8 Å². The monoisotopic (exact) mass is 127 g/mol. The van der Waals surface area contributed by atoms with Crippen molar-refractivity contribution < 1.29 is 9.59 Å². The molecule has 50 valence electrons. The number of ketones is 1. The third kappa shape index (κ3) is 1.09. The van der Waals surface area contributed by atoms with Crippen LogP contribution in [-0.2, 0) is 9.59 Å². The molecule has 0 aromatic heterocycles. The van der Waals surface area contributed by atoms with E-state index in [4.69, 9.17) is 5.73 Å². The number of rotatable bonds is 1. The topological polar surface area (TPSA) is 60.2 Å². The number of Topliss-reactive ketones (excluding diaryl/α,β-unsaturated/α-hetero) is 1. The molecule has 0 spiro atoms. The van der Waals surface area contributed by atoms with Gasteiger partial charge in [0.2, 0.25) is 5.91 Å². The van der Waals surface area contributed by atoms with E-state index in [1.807, 2.05) is 0 Å². The third-order valence-electron chi connectivity index (χ3n) is 1.65. The number of hydrogen-bond donors (Lipinski definition) is 1. The Kier molecular flexibility index (Phi) is 1.51. The Balaban J connectivity index is 2.60. The fourth-order valence-electron chi connectivity index (χ4n) is 1.12. The number of carbonyl (C=O) groups is 2. The SMILES string of the molecule is NC(=O)[C@H]1CCCC1=O. The van der Waals surface area contributed by atoms with E-state index < -0.39 is 11.8 Å². The summed E-state index contributed by atoms with van der Waals surface area (Å²) in [5.41, 5.74) is 4.93. The average molecular weight is 127 g/mol. The number of hydrogen-bond acceptors (Lipinski definition) is 2. The quantitative estimate of drug-likeness (QED) is 0.497. The molecule has 2 N–H and O–H groups in total. The molecule has 1 aliphatic rings. The number of amides is 1. The first-order valence-corrected chi connectivity index (χ1v) is 3.04. The average Bonchev–Trinajstić information content (AvgIpc) is 2.13. The summed E-state index contributed by atoms with van der Waals surface area (Å²) >= 11 is 0. The second-order valence-electron chi connectivity index (χ2n) is 2.31. The molecule has 1 atom stereocenters. The first kappa shape index (κ1) is 6.26. The molecule has 0 aliphatic heterocycles. The lowest BCUT2D eigenvalue weighted by atomic mass is 10.1. The van der Waals surface area contributed by atoms with E-state index >= 15 is 0 Å². The Hall–Kier alpha value is -0.860. The Morgan fingerprint density at radius 1 is 1.67 bits per heavy atom. The molecule has 3 heteroatoms. The van der Waals surface area contributed by atoms with E-state index in [9.17, 15) is 9.59 Å². The van der Waals surface area contributed by atoms with Crippen molar-refractivity contribution in [2.45, 2.75) is 19.3 Å². The highest BCUT2D eigenvalue weighted by atomic mass is 16.2. The molecule has 0 bridgehead atoms. The molecule has 0 radical (unpaired) electrons. The number of nitrogens with two attached hydrogens (primary N) is 1. The van der Waals surface area contributed by atoms with Gasteiger partial charge in [-0.15, -0.1) is 0 Å². The molecule has 0 saturated heterocycles. The van der Waals surface area contributed by atoms with Crippen molar-refractivity contribution in [3.05, 3.63) is 0 Å². The standard InChI is InChI=1S/C6H9NO2/c7-6(9)4-2-1-3-5(4)8/h4H,1-3H2,(H2,7,9)/t4-/m0/s1. The second kappa shape index (κ2) is 2.17. The Morgan fingerprint density at radius 2 is 2.33 bits per heavy atom. The maximum Gasteiger partial charge on any atom is 0.227 e. The van der Waals surface area contributed by atoms with E-state index in [0.717, 1.165) is 6.42 Å². The maximum absolute atomic E-state index is 10.7. The number of carbonyl (C=O) groups excluding carboxylic acids is 2. The van der Waals surface area contributed by atoms with Crippen molar-refractivity contribution in [1.29, 1.82) is 0 Å². The lowest BCUT2D eigenvalue weighted by Crippen LogP contribution is -2.25. The van der Waals surface area contributed by atoms with E-state index in [2.05, 4.69) is 0 Å². The van der Waals surface area contributed by atoms with E-state index in [0.29, 0.717) is 12.8 Å². The summed E-state index contributed by atoms with van der Waals surface area (Å²) in [5, 5.41) is 0. The zero-order valence-corrected chi connectivity index (χ0v) is 5.09. The van der Waals surface area contributed by atoms with Gasteiger partial charge in [0.1, 0.15) is 5.78 Å². The summed E-state index contributed by atoms with van der Waals surface area (Å²) in [5.74, 6) is -0.912. The van der Waals surface area contributed by atoms with Gasteiger partial charge in [-0.3, -0.25) is 9.59 Å². The smallest absolute Gasteiger partial charge is 0.227 e. The highest BCUT2D eigenvalue weighted by Crippen LogP contribution is 2.20. The normalized spacial score (nSPS) is 26.7. The minimum absolute atomic E-state index is 0.0162. The lowest BCUT2D eigenvalue weighted by molar-refractivity contribution is -0.130. The lowest BCUT2D eigenvalue weighted by Gasteiger charge is -1.98. The third-order valence-corrected chi connectivity index (χ3v) is 1.65. The Bertz CT molecular complexity index is 153. The van der Waals surface area contributed by atoms with Gasteiger partial charge in [-0.2, -0.15) is 0 Å². The van der Waals surface area contributed by atoms with Crippen LogP contribution in [0.1, 0.15) is 19.3 Å². The first-order valence-electron chi connectivity index (χ1n) is 3.04. The minimum Gasteiger partial charge on any atom is -0.369 e. The van der Waals surface area contributed by atoms with Crippen molar-refractivity contribution in [2.75, 3.05) is 0 Å². The van der Waals surface area contributed by atoms with E-state index in [1.54, 1.807) is 0 Å². The first-order chi connectivity index (χ1) is 4.22. The summed E-state index contributed by atoms with van der Waals surface area (Å²) in [7, 11) is 0. The Morgan fingerprint density at radius 3 is 2.56 bits per heavy atom. The van der Waals surface area contributed by atoms with Crippen LogP contribution < -0.4 is 5.73 Å². The van der Waals surface area contributed by atoms with Gasteiger partial charge in [0.15, 0.2) is 0 Å². The number of primary amides is 1. The molecule has 1 saturated carbocycles. The van der Waals surface area contributed by atoms with Crippen molar-refractivity contribution >= 4 is 11.7 Å². The van der Waals surface area contributed by atoms with Crippen LogP contribution in [0.2, 0.25) is 0 Å². The van der Waals surface area contributed by atoms with Crippen molar-refractivity contribution in [1.82, 2.24) is 0 Å². The zero-order valence-electron chi connectivity index (χ0n) is 5.09. The molecule has 9 heavy (non-hydrogen) atoms. The molecule has 1 amide bonds. The van der Waals surface area contributed by atoms with Gasteiger partial charge in [0.25, 0.3) is 0 Å². The van der Waals surface area contributed by atoms with Crippen LogP contribution in [0.4, 0.5) is 0 Å². The van der Waals surface area contributed by atoms with Gasteiger partial charge in [-0.1, -0.05) is 0 Å². The molecule has 1 rings (SSSR count). The van der Waals surface area contributed by atoms with Gasteiger partial charge >= 0.3 is 0 Å². The van der Waals surface area contributed by atoms with Crippen LogP contribution in [0.3, 0.4) is 0 Å². The summed E-state index contributed by atoms with van der Waals surface area (Å²) in [6, 6.07) is 0. The molecular formula is C6H9NO2. The second-order valence-corrected chi connectivity index (χ2v) is 2.31. The maximum atomic E-state index is 10.7. The fourth-order valence-corrected chi connectivity index (χ4v) is 1.12. The fraction of sp³-hybridized carbons (Fsp3) is 0.667. The highest BCUT2D eigenvalue weighted by Gasteiger charge is 2.28. The van der Waals surface area contributed by atoms with Crippen LogP contribution in [0.5, 0.6) is 0 Å². The van der Waals surface area contributed by atoms with Gasteiger partial charge < -0.3 is 5.73 Å². The summed E-state index contributed by atoms with van der Waals surface area (Å²) < 4.78 is 0. The molecule has 0 heterocycles. The predicted octanol–water partition coefficient (Wildman–Crippen LogP) is -0.159. The van der Waals surface area contributed by atoms with Crippen LogP contribution in [0.15, 0.2) is 0 Å². The minimum atomic E-state index is -0.468. The predicted molar refractivity (Wildman–Crippen MR) is 31.5 cm³/mol. The summed E-state index contributed by atoms with van der Waals surface area (Å²) in [4.78, 5) is 21.1. The molecule has 3 nitrogen and oxygen atoms in total. The van der Waals surface area contributed by atoms with Gasteiger partial charge in [0, 0.05) is 6.42 Å².